The lowest BCUT2D eigenvalue weighted by atomic mass is 9.96. The van der Waals surface area contributed by atoms with Crippen LogP contribution in [0, 0.1) is 50.2 Å². The summed E-state index contributed by atoms with van der Waals surface area (Å²) < 4.78 is 83.4. The molecule has 0 spiro atoms. The van der Waals surface area contributed by atoms with Gasteiger partial charge in [-0.05, 0) is 73.0 Å². The zero-order valence-corrected chi connectivity index (χ0v) is 39.1. The van der Waals surface area contributed by atoms with Gasteiger partial charge in [0.2, 0.25) is 0 Å². The maximum Gasteiger partial charge on any atom is 0.322 e. The number of nitrogen functional groups attached to an aromatic ring is 1. The lowest BCUT2D eigenvalue weighted by Crippen LogP contribution is -2.07. The van der Waals surface area contributed by atoms with E-state index in [0.29, 0.717) is 78.8 Å². The quantitative estimate of drug-likeness (QED) is 0.0847. The van der Waals surface area contributed by atoms with Crippen LogP contribution in [0.3, 0.4) is 0 Å². The lowest BCUT2D eigenvalue weighted by Gasteiger charge is -2.15. The smallest absolute Gasteiger partial charge is 0.322 e. The van der Waals surface area contributed by atoms with Crippen molar-refractivity contribution < 1.29 is 31.8 Å². The van der Waals surface area contributed by atoms with E-state index >= 15 is 17.6 Å². The van der Waals surface area contributed by atoms with Crippen LogP contribution in [0.25, 0.3) is 66.8 Å². The summed E-state index contributed by atoms with van der Waals surface area (Å²) >= 11 is 0. The number of pyridine rings is 2. The van der Waals surface area contributed by atoms with Crippen molar-refractivity contribution in [2.24, 2.45) is 7.05 Å². The van der Waals surface area contributed by atoms with Crippen LogP contribution in [0.2, 0.25) is 0 Å². The van der Waals surface area contributed by atoms with Crippen LogP contribution < -0.4 is 19.9 Å². The second-order valence-corrected chi connectivity index (χ2v) is 16.4. The van der Waals surface area contributed by atoms with Crippen molar-refractivity contribution >= 4 is 27.9 Å². The van der Waals surface area contributed by atoms with Gasteiger partial charge in [-0.25, -0.2) is 62.4 Å². The Kier molecular flexibility index (Phi) is 12.3. The van der Waals surface area contributed by atoms with E-state index in [1.165, 1.54) is 62.4 Å². The minimum absolute atomic E-state index is 0.0166. The van der Waals surface area contributed by atoms with E-state index in [1.807, 2.05) is 0 Å². The zero-order valence-electron chi connectivity index (χ0n) is 39.1. The number of anilines is 1. The Balaban J connectivity index is 1.01. The van der Waals surface area contributed by atoms with Gasteiger partial charge in [-0.2, -0.15) is 4.98 Å². The van der Waals surface area contributed by atoms with Gasteiger partial charge >= 0.3 is 12.0 Å². The second kappa shape index (κ2) is 19.2. The Morgan fingerprint density at radius 3 is 1.92 bits per heavy atom. The fourth-order valence-electron chi connectivity index (χ4n) is 8.70. The Morgan fingerprint density at radius 2 is 1.29 bits per heavy atom. The Labute approximate surface area is 413 Å². The first-order chi connectivity index (χ1) is 35.3. The number of fused-ring (bicyclic) bond motifs is 2. The van der Waals surface area contributed by atoms with Crippen LogP contribution in [-0.2, 0) is 20.0 Å². The van der Waals surface area contributed by atoms with Gasteiger partial charge in [0, 0.05) is 78.9 Å². The van der Waals surface area contributed by atoms with Gasteiger partial charge in [0.1, 0.15) is 52.6 Å². The van der Waals surface area contributed by atoms with Gasteiger partial charge in [0.25, 0.3) is 6.43 Å². The molecule has 10 rings (SSSR count). The van der Waals surface area contributed by atoms with Crippen LogP contribution in [0.4, 0.5) is 23.4 Å². The van der Waals surface area contributed by atoms with E-state index in [-0.39, 0.29) is 64.5 Å². The molecule has 8 heterocycles. The van der Waals surface area contributed by atoms with Crippen molar-refractivity contribution in [1.29, 1.82) is 0 Å². The first-order valence-corrected chi connectivity index (χ1v) is 22.1. The third kappa shape index (κ3) is 8.67. The first-order valence-electron chi connectivity index (χ1n) is 22.1. The van der Waals surface area contributed by atoms with Gasteiger partial charge in [0.15, 0.2) is 23.1 Å². The number of benzene rings is 2. The van der Waals surface area contributed by atoms with Gasteiger partial charge in [-0.3, -0.25) is 0 Å². The Hall–Kier alpha value is -9.82. The number of hydrogen-bond donors (Lipinski definition) is 1. The first kappa shape index (κ1) is 46.9. The highest BCUT2D eigenvalue weighted by molar-refractivity contribution is 6.08. The molecule has 2 aromatic carbocycles. The molecular formula is C53H37F4N13O3. The summed E-state index contributed by atoms with van der Waals surface area (Å²) in [5.74, 6) is 3.63. The molecular weight excluding hydrogens is 943 g/mol. The van der Waals surface area contributed by atoms with Crippen LogP contribution in [0.1, 0.15) is 40.5 Å². The molecule has 0 saturated carbocycles. The summed E-state index contributed by atoms with van der Waals surface area (Å²) in [6.45, 7) is 3.60. The maximum absolute atomic E-state index is 16.4. The van der Waals surface area contributed by atoms with E-state index in [9.17, 15) is 0 Å². The number of nitrogens with two attached hydrogens (primary N) is 1. The molecule has 0 aliphatic rings. The molecule has 0 amide bonds. The van der Waals surface area contributed by atoms with Crippen LogP contribution in [-0.4, -0.2) is 66.1 Å². The molecule has 0 unspecified atom stereocenters. The molecule has 10 aromatic rings. The summed E-state index contributed by atoms with van der Waals surface area (Å²) in [4.78, 5) is 43.1. The largest absolute Gasteiger partial charge is 0.496 e. The van der Waals surface area contributed by atoms with Crippen molar-refractivity contribution in [1.82, 2.24) is 59.0 Å². The van der Waals surface area contributed by atoms with E-state index in [2.05, 4.69) is 61.7 Å². The van der Waals surface area contributed by atoms with E-state index in [1.54, 1.807) is 66.6 Å². The molecule has 360 valence electrons. The fourth-order valence-corrected chi connectivity index (χ4v) is 8.70. The topological polar surface area (TPSA) is 192 Å². The summed E-state index contributed by atoms with van der Waals surface area (Å²) in [6.07, 6.45) is 16.8. The number of nitrogens with zero attached hydrogens (tertiary/aromatic N) is 12. The van der Waals surface area contributed by atoms with Crippen molar-refractivity contribution in [3.8, 4) is 98.7 Å². The predicted octanol–water partition coefficient (Wildman–Crippen LogP) is 9.96. The van der Waals surface area contributed by atoms with E-state index in [0.717, 1.165) is 6.33 Å². The summed E-state index contributed by atoms with van der Waals surface area (Å²) in [7, 11) is 3.28. The molecule has 0 saturated heterocycles. The van der Waals surface area contributed by atoms with Crippen LogP contribution >= 0.6 is 0 Å². The molecule has 0 radical (unpaired) electrons. The van der Waals surface area contributed by atoms with Crippen LogP contribution in [0.5, 0.6) is 29.3 Å². The van der Waals surface area contributed by atoms with Crippen molar-refractivity contribution in [3.05, 3.63) is 144 Å². The molecule has 0 bridgehead atoms. The number of aromatic nitrogens is 12. The molecule has 0 atom stereocenters. The van der Waals surface area contributed by atoms with Crippen molar-refractivity contribution in [3.63, 3.8) is 0 Å². The predicted molar refractivity (Wildman–Crippen MR) is 262 cm³/mol. The third-order valence-corrected chi connectivity index (χ3v) is 12.0. The highest BCUT2D eigenvalue weighted by atomic mass is 19.3. The minimum Gasteiger partial charge on any atom is -0.496 e. The fraction of sp³-hybridized carbons (Fsp3) is 0.132. The van der Waals surface area contributed by atoms with Crippen molar-refractivity contribution in [2.75, 3.05) is 12.8 Å². The summed E-state index contributed by atoms with van der Waals surface area (Å²) in [5.41, 5.74) is 12.1. The van der Waals surface area contributed by atoms with E-state index in [4.69, 9.17) is 32.8 Å². The average molecular weight is 980 g/mol. The number of ether oxygens (including phenoxy) is 3. The standard InChI is InChI=1S/C53H37F4N13O3/c1-7-31-19-27(3)34(23-61-31)47-41(29-9-11-38(36(54)20-29)72-52-59-16-13-28(4)67-52)43-45(48(56)57)63-25-66-51(43)70(47)18-15-33-14-17-60-53(68-33)73-39-12-10-30(21-37(39)55)42-44-49(58)64-26-65-50(44)69(5)46(42)35-24-62-32(8-2)22-40(35)71-6/h1-2,9-14,16-17,19-26,48H,15,18H2,3-6H3,(H2,58,64,65). The number of terminal acetylenes is 2. The summed E-state index contributed by atoms with van der Waals surface area (Å²) in [5, 5.41) is 0.451. The third-order valence-electron chi connectivity index (χ3n) is 12.0. The highest BCUT2D eigenvalue weighted by Crippen LogP contribution is 2.47. The number of aryl methyl sites for hydroxylation is 5. The monoisotopic (exact) mass is 979 g/mol. The SMILES string of the molecule is C#Cc1cc(C)c(-c2c(-c3ccc(Oc4nccc(C)n4)c(F)c3)c3c(C(F)F)ncnc3n2CCc2ccnc(Oc3ccc(-c4c(-c5cnc(C#C)cc5OC)n(C)c5ncnc(N)c45)cc3F)n2)cn1. The molecule has 0 fully saturated rings. The molecule has 8 aromatic heterocycles. The molecule has 2 N–H and O–H groups in total. The maximum atomic E-state index is 16.4. The molecule has 0 aliphatic carbocycles. The Morgan fingerprint density at radius 1 is 0.671 bits per heavy atom. The zero-order chi connectivity index (χ0) is 51.1. The minimum atomic E-state index is -3.05. The average Bonchev–Trinajstić information content (AvgIpc) is 3.88. The normalized spacial score (nSPS) is 11.3. The molecule has 0 aliphatic heterocycles. The number of halogens is 4. The number of methoxy groups -OCH3 is 1. The van der Waals surface area contributed by atoms with Gasteiger partial charge in [-0.15, -0.1) is 12.8 Å². The van der Waals surface area contributed by atoms with Crippen molar-refractivity contribution in [2.45, 2.75) is 33.2 Å². The van der Waals surface area contributed by atoms with Crippen LogP contribution in [0.15, 0.2) is 98.1 Å². The summed E-state index contributed by atoms with van der Waals surface area (Å²) in [6, 6.07) is 14.8. The van der Waals surface area contributed by atoms with Gasteiger partial charge in [0.05, 0.1) is 34.8 Å². The second-order valence-electron chi connectivity index (χ2n) is 16.4. The lowest BCUT2D eigenvalue weighted by molar-refractivity contribution is 0.148. The molecule has 73 heavy (non-hydrogen) atoms. The number of alkyl halides is 2. The Bertz CT molecular complexity index is 3920. The van der Waals surface area contributed by atoms with E-state index < -0.39 is 23.8 Å². The number of rotatable bonds is 13. The number of hydrogen-bond acceptors (Lipinski definition) is 14. The molecule has 20 heteroatoms. The molecule has 16 nitrogen and oxygen atoms in total. The van der Waals surface area contributed by atoms with Gasteiger partial charge < -0.3 is 29.1 Å². The highest BCUT2D eigenvalue weighted by Gasteiger charge is 2.30. The van der Waals surface area contributed by atoms with Gasteiger partial charge in [-0.1, -0.05) is 24.0 Å².